The van der Waals surface area contributed by atoms with Crippen molar-refractivity contribution < 1.29 is 13.9 Å². The van der Waals surface area contributed by atoms with Gasteiger partial charge in [-0.3, -0.25) is 0 Å². The zero-order valence-corrected chi connectivity index (χ0v) is 17.7. The van der Waals surface area contributed by atoms with Crippen LogP contribution in [0.5, 0.6) is 0 Å². The molecule has 32 heavy (non-hydrogen) atoms. The first-order chi connectivity index (χ1) is 15.8. The molecule has 2 fully saturated rings. The van der Waals surface area contributed by atoms with Crippen molar-refractivity contribution in [2.75, 3.05) is 62.4 Å². The highest BCUT2D eigenvalue weighted by Crippen LogP contribution is 2.28. The van der Waals surface area contributed by atoms with Crippen molar-refractivity contribution in [3.05, 3.63) is 42.5 Å². The fourth-order valence-corrected chi connectivity index (χ4v) is 4.14. The van der Waals surface area contributed by atoms with Gasteiger partial charge in [-0.2, -0.15) is 0 Å². The molecule has 2 aliphatic heterocycles. The highest BCUT2D eigenvalue weighted by Gasteiger charge is 2.17. The minimum atomic E-state index is 0.482. The normalized spacial score (nSPS) is 17.2. The molecule has 0 spiro atoms. The van der Waals surface area contributed by atoms with Crippen molar-refractivity contribution >= 4 is 22.7 Å². The van der Waals surface area contributed by atoms with Crippen LogP contribution < -0.4 is 9.80 Å². The molecule has 0 amide bonds. The third kappa shape index (κ3) is 3.69. The van der Waals surface area contributed by atoms with E-state index in [1.54, 1.807) is 0 Å². The van der Waals surface area contributed by atoms with Crippen molar-refractivity contribution in [1.82, 2.24) is 20.2 Å². The summed E-state index contributed by atoms with van der Waals surface area (Å²) in [5.41, 5.74) is 4.78. The molecule has 6 rings (SSSR count). The largest absolute Gasteiger partial charge is 0.416 e. The average molecular weight is 432 g/mol. The Morgan fingerprint density at radius 3 is 2.06 bits per heavy atom. The number of morpholine rings is 2. The average Bonchev–Trinajstić information content (AvgIpc) is 3.52. The molecule has 0 bridgehead atoms. The molecule has 2 aliphatic rings. The maximum Gasteiger partial charge on any atom is 0.248 e. The van der Waals surface area contributed by atoms with Crippen LogP contribution in [0.25, 0.3) is 33.9 Å². The molecule has 2 aromatic carbocycles. The molecule has 4 aromatic rings. The Balaban J connectivity index is 1.22. The van der Waals surface area contributed by atoms with E-state index >= 15 is 0 Å². The number of hydrogen-bond acceptors (Lipinski definition) is 8. The number of nitrogens with zero attached hydrogens (tertiary/aromatic N) is 5. The number of hydrogen-bond donors (Lipinski definition) is 1. The van der Waals surface area contributed by atoms with Gasteiger partial charge in [-0.1, -0.05) is 0 Å². The molecule has 2 aromatic heterocycles. The molecule has 0 aliphatic carbocycles. The van der Waals surface area contributed by atoms with Gasteiger partial charge in [0.2, 0.25) is 17.7 Å². The molecule has 4 heterocycles. The van der Waals surface area contributed by atoms with E-state index in [9.17, 15) is 0 Å². The van der Waals surface area contributed by atoms with Crippen LogP contribution in [-0.4, -0.2) is 72.8 Å². The Morgan fingerprint density at radius 2 is 1.34 bits per heavy atom. The van der Waals surface area contributed by atoms with Gasteiger partial charge < -0.3 is 28.7 Å². The van der Waals surface area contributed by atoms with Gasteiger partial charge >= 0.3 is 0 Å². The minimum Gasteiger partial charge on any atom is -0.416 e. The van der Waals surface area contributed by atoms with E-state index < -0.39 is 0 Å². The summed E-state index contributed by atoms with van der Waals surface area (Å²) in [5.74, 6) is 1.85. The fraction of sp³-hybridized carbons (Fsp3) is 0.348. The third-order valence-corrected chi connectivity index (χ3v) is 5.94. The molecule has 0 radical (unpaired) electrons. The standard InChI is InChI=1S/C23H24N6O3/c1-4-18(28-7-11-30-12-8-28)5-2-16(1)21-26-27-22(32-21)17-3-6-19-20(15-17)25-23(24-19)29-9-13-31-14-10-29/h1-6,15H,7-14H2,(H,24,25). The van der Waals surface area contributed by atoms with Crippen molar-refractivity contribution in [2.45, 2.75) is 0 Å². The number of rotatable bonds is 4. The summed E-state index contributed by atoms with van der Waals surface area (Å²) in [6.45, 7) is 6.47. The predicted molar refractivity (Wildman–Crippen MR) is 121 cm³/mol. The van der Waals surface area contributed by atoms with E-state index in [-0.39, 0.29) is 0 Å². The second kappa shape index (κ2) is 8.25. The monoisotopic (exact) mass is 432 g/mol. The van der Waals surface area contributed by atoms with E-state index in [1.165, 1.54) is 5.69 Å². The predicted octanol–water partition coefficient (Wildman–Crippen LogP) is 2.95. The molecule has 9 heteroatoms. The molecule has 1 N–H and O–H groups in total. The first kappa shape index (κ1) is 19.3. The summed E-state index contributed by atoms with van der Waals surface area (Å²) in [7, 11) is 0. The van der Waals surface area contributed by atoms with Crippen LogP contribution in [0, 0.1) is 0 Å². The van der Waals surface area contributed by atoms with E-state index in [4.69, 9.17) is 18.9 Å². The molecule has 0 atom stereocenters. The second-order valence-corrected chi connectivity index (χ2v) is 7.95. The zero-order valence-electron chi connectivity index (χ0n) is 17.7. The lowest BCUT2D eigenvalue weighted by atomic mass is 10.2. The van der Waals surface area contributed by atoms with Crippen molar-refractivity contribution in [1.29, 1.82) is 0 Å². The van der Waals surface area contributed by atoms with Crippen LogP contribution in [0.3, 0.4) is 0 Å². The highest BCUT2D eigenvalue weighted by atomic mass is 16.5. The Hall–Kier alpha value is -3.43. The summed E-state index contributed by atoms with van der Waals surface area (Å²) in [5, 5.41) is 8.53. The first-order valence-corrected chi connectivity index (χ1v) is 10.9. The summed E-state index contributed by atoms with van der Waals surface area (Å²) in [6.07, 6.45) is 0. The summed E-state index contributed by atoms with van der Waals surface area (Å²) >= 11 is 0. The maximum atomic E-state index is 5.99. The lowest BCUT2D eigenvalue weighted by Gasteiger charge is -2.28. The molecule has 0 saturated carbocycles. The van der Waals surface area contributed by atoms with E-state index in [0.29, 0.717) is 11.8 Å². The number of aromatic amines is 1. The smallest absolute Gasteiger partial charge is 0.248 e. The Bertz CT molecular complexity index is 1210. The minimum absolute atomic E-state index is 0.482. The van der Waals surface area contributed by atoms with E-state index in [1.807, 2.05) is 30.3 Å². The highest BCUT2D eigenvalue weighted by molar-refractivity contribution is 5.82. The quantitative estimate of drug-likeness (QED) is 0.526. The number of aromatic nitrogens is 4. The summed E-state index contributed by atoms with van der Waals surface area (Å²) in [4.78, 5) is 12.7. The topological polar surface area (TPSA) is 92.5 Å². The molecular formula is C23H24N6O3. The molecule has 0 unspecified atom stereocenters. The van der Waals surface area contributed by atoms with Crippen molar-refractivity contribution in [3.8, 4) is 22.9 Å². The van der Waals surface area contributed by atoms with Gasteiger partial charge in [-0.05, 0) is 42.5 Å². The Morgan fingerprint density at radius 1 is 0.719 bits per heavy atom. The molecular weight excluding hydrogens is 408 g/mol. The van der Waals surface area contributed by atoms with E-state index in [0.717, 1.165) is 80.7 Å². The number of imidazole rings is 1. The van der Waals surface area contributed by atoms with Crippen LogP contribution >= 0.6 is 0 Å². The Labute approximate surface area is 185 Å². The van der Waals surface area contributed by atoms with Crippen molar-refractivity contribution in [3.63, 3.8) is 0 Å². The van der Waals surface area contributed by atoms with Gasteiger partial charge in [-0.25, -0.2) is 4.98 Å². The van der Waals surface area contributed by atoms with Gasteiger partial charge in [0.1, 0.15) is 0 Å². The summed E-state index contributed by atoms with van der Waals surface area (Å²) in [6, 6.07) is 14.2. The Kier molecular flexibility index (Phi) is 4.97. The van der Waals surface area contributed by atoms with Gasteiger partial charge in [0, 0.05) is 43.0 Å². The number of nitrogens with one attached hydrogen (secondary N) is 1. The number of anilines is 2. The molecule has 9 nitrogen and oxygen atoms in total. The van der Waals surface area contributed by atoms with Gasteiger partial charge in [0.25, 0.3) is 0 Å². The zero-order chi connectivity index (χ0) is 21.3. The fourth-order valence-electron chi connectivity index (χ4n) is 4.14. The summed E-state index contributed by atoms with van der Waals surface area (Å²) < 4.78 is 16.9. The SMILES string of the molecule is c1cc(N2CCOCC2)ccc1-c1nnc(-c2ccc3[nH]c(N4CCOCC4)nc3c2)o1. The third-order valence-electron chi connectivity index (χ3n) is 5.94. The second-order valence-electron chi connectivity index (χ2n) is 7.95. The van der Waals surface area contributed by atoms with Crippen molar-refractivity contribution in [2.24, 2.45) is 0 Å². The van der Waals surface area contributed by atoms with Gasteiger partial charge in [0.05, 0.1) is 37.5 Å². The number of benzene rings is 2. The maximum absolute atomic E-state index is 5.99. The number of ether oxygens (including phenoxy) is 2. The number of H-pyrrole nitrogens is 1. The van der Waals surface area contributed by atoms with Crippen LogP contribution in [0.2, 0.25) is 0 Å². The lowest BCUT2D eigenvalue weighted by Crippen LogP contribution is -2.36. The number of fused-ring (bicyclic) bond motifs is 1. The van der Waals surface area contributed by atoms with Crippen LogP contribution in [-0.2, 0) is 9.47 Å². The van der Waals surface area contributed by atoms with Gasteiger partial charge in [-0.15, -0.1) is 10.2 Å². The first-order valence-electron chi connectivity index (χ1n) is 10.9. The van der Waals surface area contributed by atoms with E-state index in [2.05, 4.69) is 37.1 Å². The van der Waals surface area contributed by atoms with Gasteiger partial charge in [0.15, 0.2) is 0 Å². The lowest BCUT2D eigenvalue weighted by molar-refractivity contribution is 0.122. The van der Waals surface area contributed by atoms with Crippen LogP contribution in [0.15, 0.2) is 46.9 Å². The molecule has 2 saturated heterocycles. The van der Waals surface area contributed by atoms with Crippen LogP contribution in [0.4, 0.5) is 11.6 Å². The molecule has 164 valence electrons. The van der Waals surface area contributed by atoms with Crippen LogP contribution in [0.1, 0.15) is 0 Å².